The molecule has 42 heavy (non-hydrogen) atoms. The number of benzene rings is 2. The third-order valence-electron chi connectivity index (χ3n) is 10.5. The molecule has 0 nitrogen and oxygen atoms in total. The highest BCUT2D eigenvalue weighted by Crippen LogP contribution is 2.35. The van der Waals surface area contributed by atoms with E-state index in [1.165, 1.54) is 151 Å². The van der Waals surface area contributed by atoms with Crippen LogP contribution in [0.25, 0.3) is 0 Å². The zero-order valence-corrected chi connectivity index (χ0v) is 30.6. The second-order valence-electron chi connectivity index (χ2n) is 14.6. The predicted molar refractivity (Wildman–Crippen MR) is 195 cm³/mol. The smallest absolute Gasteiger partial charge is 0.0623 e. The summed E-state index contributed by atoms with van der Waals surface area (Å²) in [4.78, 5) is 0. The Morgan fingerprint density at radius 2 is 0.643 bits per heavy atom. The van der Waals surface area contributed by atoms with Gasteiger partial charge in [0.1, 0.15) is 0 Å². The third kappa shape index (κ3) is 12.5. The summed E-state index contributed by atoms with van der Waals surface area (Å²) in [5.41, 5.74) is 6.78. The summed E-state index contributed by atoms with van der Waals surface area (Å²) >= 11 is 0. The molecule has 1 heterocycles. The van der Waals surface area contributed by atoms with E-state index in [9.17, 15) is 0 Å². The Balaban J connectivity index is 1.98. The fourth-order valence-corrected chi connectivity index (χ4v) is 18.7. The van der Waals surface area contributed by atoms with Gasteiger partial charge in [-0.1, -0.05) is 225 Å². The molecule has 1 aliphatic rings. The highest BCUT2D eigenvalue weighted by molar-refractivity contribution is 6.79. The fraction of sp³-hybridized carbons (Fsp3) is 0.700. The molecule has 4 bridgehead atoms. The molecule has 0 fully saturated rings. The maximum Gasteiger partial charge on any atom is 0.0623 e. The molecule has 2 aromatic rings. The van der Waals surface area contributed by atoms with Crippen molar-refractivity contribution in [2.24, 2.45) is 0 Å². The molecule has 3 rings (SSSR count). The van der Waals surface area contributed by atoms with Crippen molar-refractivity contribution in [2.75, 3.05) is 0 Å². The van der Waals surface area contributed by atoms with Gasteiger partial charge < -0.3 is 0 Å². The Hall–Kier alpha value is -1.13. The fourth-order valence-electron chi connectivity index (χ4n) is 8.22. The van der Waals surface area contributed by atoms with Crippen LogP contribution in [-0.4, -0.2) is 16.1 Å². The van der Waals surface area contributed by atoms with Crippen LogP contribution in [0.2, 0.25) is 24.2 Å². The molecule has 0 atom stereocenters. The van der Waals surface area contributed by atoms with Crippen molar-refractivity contribution >= 4 is 16.1 Å². The maximum absolute atomic E-state index is 2.73. The molecule has 1 aliphatic heterocycles. The number of unbranched alkanes of at least 4 members (excludes halogenated alkanes) is 12. The van der Waals surface area contributed by atoms with E-state index in [1.54, 1.807) is 22.3 Å². The van der Waals surface area contributed by atoms with Crippen LogP contribution in [0.15, 0.2) is 48.5 Å². The SMILES string of the molecule is CCCCCC[Si]1(CCCCCC)Cc2cccc(c2)C[Si](CCCCCC)(CCCCCC)Cc2cccc(c2)C1. The largest absolute Gasteiger partial charge is 0.0654 e. The van der Waals surface area contributed by atoms with Crippen LogP contribution in [0.1, 0.15) is 153 Å². The van der Waals surface area contributed by atoms with Crippen LogP contribution in [0, 0.1) is 0 Å². The van der Waals surface area contributed by atoms with E-state index in [1.807, 2.05) is 0 Å². The minimum Gasteiger partial charge on any atom is -0.0654 e. The molecular formula is C40H68Si2. The Labute approximate surface area is 264 Å². The normalized spacial score (nSPS) is 16.1. The first-order valence-corrected chi connectivity index (χ1v) is 24.4. The van der Waals surface area contributed by atoms with Crippen LogP contribution in [0.4, 0.5) is 0 Å². The lowest BCUT2D eigenvalue weighted by molar-refractivity contribution is 0.675. The molecule has 0 N–H and O–H groups in total. The molecule has 0 unspecified atom stereocenters. The van der Waals surface area contributed by atoms with Crippen LogP contribution in [-0.2, 0) is 24.2 Å². The van der Waals surface area contributed by atoms with Gasteiger partial charge in [-0.3, -0.25) is 0 Å². The van der Waals surface area contributed by atoms with E-state index in [0.717, 1.165) is 0 Å². The summed E-state index contributed by atoms with van der Waals surface area (Å²) < 4.78 is 0. The van der Waals surface area contributed by atoms with Crippen molar-refractivity contribution in [3.63, 3.8) is 0 Å². The van der Waals surface area contributed by atoms with Crippen LogP contribution in [0.3, 0.4) is 0 Å². The number of hydrogen-bond donors (Lipinski definition) is 0. The number of rotatable bonds is 20. The van der Waals surface area contributed by atoms with Gasteiger partial charge >= 0.3 is 0 Å². The molecule has 0 aromatic heterocycles. The second kappa shape index (κ2) is 20.0. The first-order valence-electron chi connectivity index (χ1n) is 18.7. The zero-order valence-electron chi connectivity index (χ0n) is 28.6. The topological polar surface area (TPSA) is 0 Å². The zero-order chi connectivity index (χ0) is 29.9. The predicted octanol–water partition coefficient (Wildman–Crippen LogP) is 12.9. The molecule has 2 aromatic carbocycles. The van der Waals surface area contributed by atoms with E-state index in [4.69, 9.17) is 0 Å². The summed E-state index contributed by atoms with van der Waals surface area (Å²) in [5, 5.41) is 0. The summed E-state index contributed by atoms with van der Waals surface area (Å²) in [6.45, 7) is 9.45. The van der Waals surface area contributed by atoms with Crippen LogP contribution >= 0.6 is 0 Å². The van der Waals surface area contributed by atoms with E-state index in [0.29, 0.717) is 0 Å². The van der Waals surface area contributed by atoms with E-state index < -0.39 is 16.1 Å². The van der Waals surface area contributed by atoms with Crippen LogP contribution in [0.5, 0.6) is 0 Å². The monoisotopic (exact) mass is 604 g/mol. The molecule has 0 spiro atoms. The molecule has 236 valence electrons. The van der Waals surface area contributed by atoms with Gasteiger partial charge in [-0.2, -0.15) is 0 Å². The van der Waals surface area contributed by atoms with Gasteiger partial charge in [0.2, 0.25) is 0 Å². The Bertz CT molecular complexity index is 829. The van der Waals surface area contributed by atoms with Gasteiger partial charge in [-0.15, -0.1) is 0 Å². The standard InChI is InChI=1S/C40H68Si2/c1-5-9-13-17-27-41(28-18-14-10-6-2)33-37-23-21-25-39(31-37)35-42(29-19-15-11-7-3,30-20-16-12-8-4)36-40-26-22-24-38(32-40)34-41/h21-26,31-32H,5-20,27-30,33-36H2,1-4H3. The Morgan fingerprint density at radius 1 is 0.381 bits per heavy atom. The first kappa shape index (κ1) is 35.4. The van der Waals surface area contributed by atoms with Gasteiger partial charge in [-0.05, 0) is 24.2 Å². The minimum absolute atomic E-state index is 1.34. The highest BCUT2D eigenvalue weighted by Gasteiger charge is 2.35. The first-order chi connectivity index (χ1) is 20.6. The van der Waals surface area contributed by atoms with Gasteiger partial charge in [0, 0.05) is 0 Å². The average molecular weight is 605 g/mol. The summed E-state index contributed by atoms with van der Waals surface area (Å²) in [6, 6.07) is 32.2. The van der Waals surface area contributed by atoms with Crippen molar-refractivity contribution in [1.29, 1.82) is 0 Å². The summed E-state index contributed by atoms with van der Waals surface area (Å²) in [7, 11) is -2.99. The quantitative estimate of drug-likeness (QED) is 0.104. The van der Waals surface area contributed by atoms with Crippen molar-refractivity contribution in [3.8, 4) is 0 Å². The van der Waals surface area contributed by atoms with Gasteiger partial charge in [0.15, 0.2) is 0 Å². The molecule has 0 amide bonds. The Morgan fingerprint density at radius 3 is 0.881 bits per heavy atom. The molecular weight excluding hydrogens is 537 g/mol. The number of hydrogen-bond acceptors (Lipinski definition) is 0. The Kier molecular flexibility index (Phi) is 16.8. The summed E-state index contributed by atoms with van der Waals surface area (Å²) in [6.07, 6.45) is 22.6. The lowest BCUT2D eigenvalue weighted by Crippen LogP contribution is -2.42. The third-order valence-corrected chi connectivity index (χ3v) is 20.8. The molecule has 2 heteroatoms. The van der Waals surface area contributed by atoms with Gasteiger partial charge in [0.25, 0.3) is 0 Å². The number of fused-ring (bicyclic) bond motifs is 4. The van der Waals surface area contributed by atoms with Gasteiger partial charge in [-0.25, -0.2) is 0 Å². The molecule has 0 saturated carbocycles. The molecule has 0 saturated heterocycles. The van der Waals surface area contributed by atoms with Crippen LogP contribution < -0.4 is 0 Å². The lowest BCUT2D eigenvalue weighted by atomic mass is 10.1. The highest BCUT2D eigenvalue weighted by atomic mass is 28.3. The van der Waals surface area contributed by atoms with E-state index >= 15 is 0 Å². The van der Waals surface area contributed by atoms with E-state index in [-0.39, 0.29) is 0 Å². The van der Waals surface area contributed by atoms with Crippen molar-refractivity contribution in [3.05, 3.63) is 70.8 Å². The van der Waals surface area contributed by atoms with Gasteiger partial charge in [0.05, 0.1) is 16.1 Å². The van der Waals surface area contributed by atoms with Crippen molar-refractivity contribution in [1.82, 2.24) is 0 Å². The van der Waals surface area contributed by atoms with Crippen molar-refractivity contribution < 1.29 is 0 Å². The second-order valence-corrected chi connectivity index (χ2v) is 24.0. The average Bonchev–Trinajstić information content (AvgIpc) is 2.98. The lowest BCUT2D eigenvalue weighted by Gasteiger charge is -2.36. The minimum atomic E-state index is -1.50. The molecule has 0 radical (unpaired) electrons. The molecule has 0 aliphatic carbocycles. The maximum atomic E-state index is 2.73. The van der Waals surface area contributed by atoms with E-state index in [2.05, 4.69) is 76.2 Å². The summed E-state index contributed by atoms with van der Waals surface area (Å²) in [5.74, 6) is 0. The van der Waals surface area contributed by atoms with Crippen molar-refractivity contribution in [2.45, 2.75) is 179 Å².